The first kappa shape index (κ1) is 17.1. The molecule has 0 aromatic carbocycles. The number of hydrogen-bond acceptors (Lipinski definition) is 5. The monoisotopic (exact) mass is 321 g/mol. The molecular weight excluding hydrogens is 294 g/mol. The molecule has 0 radical (unpaired) electrons. The van der Waals surface area contributed by atoms with Gasteiger partial charge in [0.2, 0.25) is 0 Å². The second-order valence-corrected chi connectivity index (χ2v) is 7.89. The van der Waals surface area contributed by atoms with Gasteiger partial charge in [0, 0.05) is 38.5 Å². The van der Waals surface area contributed by atoms with Gasteiger partial charge in [-0.05, 0) is 12.3 Å². The second kappa shape index (κ2) is 6.89. The Balaban J connectivity index is 1.91. The minimum absolute atomic E-state index is 0.218. The number of rotatable bonds is 6. The molecule has 2 aliphatic heterocycles. The molecule has 0 aromatic heterocycles. The first-order valence-corrected chi connectivity index (χ1v) is 9.06. The third kappa shape index (κ3) is 4.37. The molecule has 7 nitrogen and oxygen atoms in total. The van der Waals surface area contributed by atoms with Gasteiger partial charge in [-0.25, -0.2) is 0 Å². The van der Waals surface area contributed by atoms with E-state index in [1.807, 2.05) is 0 Å². The van der Waals surface area contributed by atoms with Gasteiger partial charge >= 0.3 is 0 Å². The van der Waals surface area contributed by atoms with Gasteiger partial charge < -0.3 is 15.2 Å². The summed E-state index contributed by atoms with van der Waals surface area (Å²) in [5.74, 6) is -0.164. The SMILES string of the molecule is CC(C)CC(CN)NS(=O)(=O)N1CCC2(CC1)OCCO2. The van der Waals surface area contributed by atoms with Crippen LogP contribution in [0.4, 0.5) is 0 Å². The molecule has 21 heavy (non-hydrogen) atoms. The Kier molecular flexibility index (Phi) is 5.61. The molecule has 0 aromatic rings. The third-order valence-corrected chi connectivity index (χ3v) is 5.67. The summed E-state index contributed by atoms with van der Waals surface area (Å²) in [4.78, 5) is 0. The molecule has 1 atom stereocenters. The van der Waals surface area contributed by atoms with Gasteiger partial charge in [0.15, 0.2) is 5.79 Å². The van der Waals surface area contributed by atoms with E-state index in [0.29, 0.717) is 51.6 Å². The van der Waals surface area contributed by atoms with Crippen molar-refractivity contribution in [3.63, 3.8) is 0 Å². The van der Waals surface area contributed by atoms with E-state index in [4.69, 9.17) is 15.2 Å². The van der Waals surface area contributed by atoms with E-state index in [1.54, 1.807) is 0 Å². The Morgan fingerprint density at radius 1 is 1.24 bits per heavy atom. The van der Waals surface area contributed by atoms with Crippen molar-refractivity contribution in [1.82, 2.24) is 9.03 Å². The van der Waals surface area contributed by atoms with E-state index in [2.05, 4.69) is 18.6 Å². The van der Waals surface area contributed by atoms with Crippen molar-refractivity contribution in [2.75, 3.05) is 32.8 Å². The summed E-state index contributed by atoms with van der Waals surface area (Å²) < 4.78 is 40.2. The van der Waals surface area contributed by atoms with Crippen molar-refractivity contribution in [1.29, 1.82) is 0 Å². The molecule has 2 heterocycles. The zero-order valence-corrected chi connectivity index (χ0v) is 13.7. The number of piperidine rings is 1. The number of nitrogens with zero attached hydrogens (tertiary/aromatic N) is 1. The number of nitrogens with one attached hydrogen (secondary N) is 1. The second-order valence-electron chi connectivity index (χ2n) is 6.19. The fraction of sp³-hybridized carbons (Fsp3) is 1.00. The van der Waals surface area contributed by atoms with Gasteiger partial charge in [-0.1, -0.05) is 13.8 Å². The maximum atomic E-state index is 12.4. The first-order valence-electron chi connectivity index (χ1n) is 7.62. The summed E-state index contributed by atoms with van der Waals surface area (Å²) >= 11 is 0. The van der Waals surface area contributed by atoms with Crippen molar-refractivity contribution in [3.05, 3.63) is 0 Å². The molecule has 2 saturated heterocycles. The summed E-state index contributed by atoms with van der Waals surface area (Å²) in [7, 11) is -3.49. The Morgan fingerprint density at radius 3 is 2.29 bits per heavy atom. The van der Waals surface area contributed by atoms with Crippen LogP contribution in [-0.2, 0) is 19.7 Å². The van der Waals surface area contributed by atoms with Crippen molar-refractivity contribution in [2.45, 2.75) is 44.9 Å². The van der Waals surface area contributed by atoms with Gasteiger partial charge in [0.25, 0.3) is 10.2 Å². The van der Waals surface area contributed by atoms with E-state index >= 15 is 0 Å². The van der Waals surface area contributed by atoms with Crippen molar-refractivity contribution in [3.8, 4) is 0 Å². The van der Waals surface area contributed by atoms with Crippen LogP contribution in [0.15, 0.2) is 0 Å². The quantitative estimate of drug-likeness (QED) is 0.720. The maximum Gasteiger partial charge on any atom is 0.279 e. The Hall–Kier alpha value is -0.250. The highest BCUT2D eigenvalue weighted by molar-refractivity contribution is 7.87. The lowest BCUT2D eigenvalue weighted by molar-refractivity contribution is -0.179. The minimum atomic E-state index is -3.49. The van der Waals surface area contributed by atoms with Crippen LogP contribution in [0.3, 0.4) is 0 Å². The van der Waals surface area contributed by atoms with Gasteiger partial charge in [-0.15, -0.1) is 0 Å². The van der Waals surface area contributed by atoms with E-state index in [9.17, 15) is 8.42 Å². The lowest BCUT2D eigenvalue weighted by Crippen LogP contribution is -2.53. The average Bonchev–Trinajstić information content (AvgIpc) is 2.86. The molecule has 8 heteroatoms. The Morgan fingerprint density at radius 2 is 1.81 bits per heavy atom. The van der Waals surface area contributed by atoms with E-state index in [-0.39, 0.29) is 6.04 Å². The van der Waals surface area contributed by atoms with Crippen molar-refractivity contribution < 1.29 is 17.9 Å². The number of ether oxygens (including phenoxy) is 2. The number of nitrogens with two attached hydrogens (primary N) is 1. The Bertz CT molecular complexity index is 425. The molecule has 2 fully saturated rings. The van der Waals surface area contributed by atoms with E-state index in [1.165, 1.54) is 4.31 Å². The predicted molar refractivity (Wildman–Crippen MR) is 79.8 cm³/mol. The summed E-state index contributed by atoms with van der Waals surface area (Å²) in [6, 6.07) is -0.218. The maximum absolute atomic E-state index is 12.4. The summed E-state index contributed by atoms with van der Waals surface area (Å²) in [5, 5.41) is 0. The number of hydrogen-bond donors (Lipinski definition) is 2. The average molecular weight is 321 g/mol. The van der Waals surface area contributed by atoms with Gasteiger partial charge in [-0.3, -0.25) is 0 Å². The van der Waals surface area contributed by atoms with Crippen LogP contribution in [-0.4, -0.2) is 57.4 Å². The van der Waals surface area contributed by atoms with Crippen LogP contribution in [0.25, 0.3) is 0 Å². The van der Waals surface area contributed by atoms with Gasteiger partial charge in [-0.2, -0.15) is 17.4 Å². The molecule has 0 aliphatic carbocycles. The first-order chi connectivity index (χ1) is 9.87. The standard InChI is InChI=1S/C13H27N3O4S/c1-11(2)9-12(10-14)15-21(17,18)16-5-3-13(4-6-16)19-7-8-20-13/h11-12,15H,3-10,14H2,1-2H3. The molecule has 3 N–H and O–H groups in total. The minimum Gasteiger partial charge on any atom is -0.347 e. The summed E-state index contributed by atoms with van der Waals surface area (Å²) in [6.45, 7) is 6.42. The molecule has 2 aliphatic rings. The smallest absolute Gasteiger partial charge is 0.279 e. The molecular formula is C13H27N3O4S. The van der Waals surface area contributed by atoms with Gasteiger partial charge in [0.05, 0.1) is 13.2 Å². The highest BCUT2D eigenvalue weighted by Gasteiger charge is 2.42. The zero-order chi connectivity index (χ0) is 15.5. The van der Waals surface area contributed by atoms with Crippen LogP contribution in [0.5, 0.6) is 0 Å². The molecule has 0 bridgehead atoms. The fourth-order valence-corrected chi connectivity index (χ4v) is 4.33. The summed E-state index contributed by atoms with van der Waals surface area (Å²) in [6.07, 6.45) is 1.89. The third-order valence-electron chi connectivity index (χ3n) is 3.99. The molecule has 1 spiro atoms. The van der Waals surface area contributed by atoms with Gasteiger partial charge in [0.1, 0.15) is 0 Å². The summed E-state index contributed by atoms with van der Waals surface area (Å²) in [5.41, 5.74) is 5.67. The van der Waals surface area contributed by atoms with Crippen LogP contribution in [0.2, 0.25) is 0 Å². The molecule has 2 rings (SSSR count). The van der Waals surface area contributed by atoms with E-state index < -0.39 is 16.0 Å². The van der Waals surface area contributed by atoms with Crippen molar-refractivity contribution in [2.24, 2.45) is 11.7 Å². The molecule has 124 valence electrons. The highest BCUT2D eigenvalue weighted by Crippen LogP contribution is 2.31. The largest absolute Gasteiger partial charge is 0.347 e. The van der Waals surface area contributed by atoms with E-state index in [0.717, 1.165) is 6.42 Å². The molecule has 0 saturated carbocycles. The lowest BCUT2D eigenvalue weighted by Gasteiger charge is -2.37. The topological polar surface area (TPSA) is 93.9 Å². The lowest BCUT2D eigenvalue weighted by atomic mass is 10.1. The highest BCUT2D eigenvalue weighted by atomic mass is 32.2. The van der Waals surface area contributed by atoms with Crippen LogP contribution in [0, 0.1) is 5.92 Å². The zero-order valence-electron chi connectivity index (χ0n) is 12.9. The van der Waals surface area contributed by atoms with Crippen molar-refractivity contribution >= 4 is 10.2 Å². The molecule has 0 amide bonds. The molecule has 1 unspecified atom stereocenters. The Labute approximate surface area is 127 Å². The fourth-order valence-electron chi connectivity index (χ4n) is 2.90. The normalized spacial score (nSPS) is 24.8. The van der Waals surface area contributed by atoms with Crippen LogP contribution in [0.1, 0.15) is 33.1 Å². The van der Waals surface area contributed by atoms with Crippen LogP contribution >= 0.6 is 0 Å². The predicted octanol–water partition coefficient (Wildman–Crippen LogP) is 0.0331. The van der Waals surface area contributed by atoms with Crippen LogP contribution < -0.4 is 10.5 Å².